The number of nitrogens with zero attached hydrogens (tertiary/aromatic N) is 1. The smallest absolute Gasteiger partial charge is 0.237 e. The van der Waals surface area contributed by atoms with E-state index in [-0.39, 0.29) is 18.0 Å². The second-order valence-electron chi connectivity index (χ2n) is 7.05. The number of sulfonamides is 1. The van der Waals surface area contributed by atoms with Crippen molar-refractivity contribution in [3.8, 4) is 0 Å². The summed E-state index contributed by atoms with van der Waals surface area (Å²) in [6.07, 6.45) is 8.62. The molecule has 0 aromatic heterocycles. The summed E-state index contributed by atoms with van der Waals surface area (Å²) in [5, 5.41) is 6.62. The van der Waals surface area contributed by atoms with Crippen molar-refractivity contribution in [3.63, 3.8) is 0 Å². The molecule has 2 N–H and O–H groups in total. The summed E-state index contributed by atoms with van der Waals surface area (Å²) >= 11 is 0. The third-order valence-corrected chi connectivity index (χ3v) is 6.75. The lowest BCUT2D eigenvalue weighted by atomic mass is 9.85. The van der Waals surface area contributed by atoms with Gasteiger partial charge in [0.05, 0.1) is 12.3 Å². The number of carbonyl (C=O) groups is 1. The predicted octanol–water partition coefficient (Wildman–Crippen LogP) is 0.447. The first kappa shape index (κ1) is 16.2. The minimum atomic E-state index is -3.10. The fourth-order valence-corrected chi connectivity index (χ4v) is 5.03. The number of carbonyl (C=O) groups excluding carboxylic acids is 1. The Hall–Kier alpha value is -0.660. The van der Waals surface area contributed by atoms with E-state index in [4.69, 9.17) is 0 Å². The van der Waals surface area contributed by atoms with E-state index < -0.39 is 10.0 Å². The average molecular weight is 329 g/mol. The summed E-state index contributed by atoms with van der Waals surface area (Å²) in [5.41, 5.74) is 0. The van der Waals surface area contributed by atoms with E-state index in [0.717, 1.165) is 6.42 Å². The van der Waals surface area contributed by atoms with Crippen LogP contribution >= 0.6 is 0 Å². The minimum Gasteiger partial charge on any atom is -0.352 e. The molecule has 3 fully saturated rings. The lowest BCUT2D eigenvalue weighted by Gasteiger charge is -2.31. The molecule has 3 unspecified atom stereocenters. The fourth-order valence-electron chi connectivity index (χ4n) is 4.15. The van der Waals surface area contributed by atoms with Crippen LogP contribution in [-0.4, -0.2) is 56.1 Å². The Morgan fingerprint density at radius 3 is 2.45 bits per heavy atom. The van der Waals surface area contributed by atoms with Crippen molar-refractivity contribution < 1.29 is 13.2 Å². The Bertz CT molecular complexity index is 500. The van der Waals surface area contributed by atoms with Gasteiger partial charge < -0.3 is 10.6 Å². The van der Waals surface area contributed by atoms with Crippen LogP contribution in [0.4, 0.5) is 0 Å². The van der Waals surface area contributed by atoms with Crippen LogP contribution in [-0.2, 0) is 14.8 Å². The summed E-state index contributed by atoms with van der Waals surface area (Å²) in [7, 11) is -3.10. The molecule has 2 heterocycles. The van der Waals surface area contributed by atoms with E-state index in [9.17, 15) is 13.2 Å². The van der Waals surface area contributed by atoms with E-state index in [1.54, 1.807) is 0 Å². The van der Waals surface area contributed by atoms with Crippen LogP contribution in [0.15, 0.2) is 0 Å². The molecular weight excluding hydrogens is 302 g/mol. The zero-order valence-electron chi connectivity index (χ0n) is 13.3. The molecule has 0 bridgehead atoms. The van der Waals surface area contributed by atoms with Gasteiger partial charge in [0.1, 0.15) is 0 Å². The summed E-state index contributed by atoms with van der Waals surface area (Å²) in [6.45, 7) is 1.01. The van der Waals surface area contributed by atoms with Gasteiger partial charge in [-0.1, -0.05) is 12.8 Å². The van der Waals surface area contributed by atoms with Gasteiger partial charge in [0, 0.05) is 25.2 Å². The third-order valence-electron chi connectivity index (χ3n) is 5.45. The normalized spacial score (nSPS) is 34.3. The highest BCUT2D eigenvalue weighted by Crippen LogP contribution is 2.33. The molecule has 6 nitrogen and oxygen atoms in total. The van der Waals surface area contributed by atoms with Crippen molar-refractivity contribution in [1.82, 2.24) is 14.9 Å². The van der Waals surface area contributed by atoms with Crippen LogP contribution < -0.4 is 10.6 Å². The summed E-state index contributed by atoms with van der Waals surface area (Å²) in [5.74, 6) is 0.767. The SMILES string of the molecule is CS(=O)(=O)N1CCC(NC(=O)C2CC3CCCCC3N2)CC1. The van der Waals surface area contributed by atoms with Crippen LogP contribution in [0.25, 0.3) is 0 Å². The number of hydrogen-bond donors (Lipinski definition) is 2. The molecular formula is C15H27N3O3S. The molecule has 1 aliphatic carbocycles. The van der Waals surface area contributed by atoms with E-state index in [2.05, 4.69) is 10.6 Å². The quantitative estimate of drug-likeness (QED) is 0.788. The van der Waals surface area contributed by atoms with Gasteiger partial charge in [-0.25, -0.2) is 12.7 Å². The van der Waals surface area contributed by atoms with Gasteiger partial charge in [-0.2, -0.15) is 0 Å². The predicted molar refractivity (Wildman–Crippen MR) is 84.9 cm³/mol. The van der Waals surface area contributed by atoms with E-state index >= 15 is 0 Å². The van der Waals surface area contributed by atoms with Crippen LogP contribution in [0.2, 0.25) is 0 Å². The van der Waals surface area contributed by atoms with Crippen molar-refractivity contribution >= 4 is 15.9 Å². The van der Waals surface area contributed by atoms with Gasteiger partial charge in [-0.3, -0.25) is 4.79 Å². The standard InChI is InChI=1S/C15H27N3O3S/c1-22(20,21)18-8-6-12(7-9-18)16-15(19)14-10-11-4-2-3-5-13(11)17-14/h11-14,17H,2-10H2,1H3,(H,16,19). The molecule has 7 heteroatoms. The molecule has 3 atom stereocenters. The number of rotatable bonds is 3. The Balaban J connectivity index is 1.47. The first-order valence-corrected chi connectivity index (χ1v) is 10.3. The Kier molecular flexibility index (Phi) is 4.75. The first-order chi connectivity index (χ1) is 10.4. The van der Waals surface area contributed by atoms with E-state index in [1.807, 2.05) is 0 Å². The highest BCUT2D eigenvalue weighted by atomic mass is 32.2. The molecule has 0 aromatic carbocycles. The molecule has 22 heavy (non-hydrogen) atoms. The van der Waals surface area contributed by atoms with Crippen LogP contribution in [0, 0.1) is 5.92 Å². The number of piperidine rings is 1. The monoisotopic (exact) mass is 329 g/mol. The van der Waals surface area contributed by atoms with Crippen molar-refractivity contribution in [1.29, 1.82) is 0 Å². The van der Waals surface area contributed by atoms with Gasteiger partial charge in [-0.15, -0.1) is 0 Å². The van der Waals surface area contributed by atoms with Crippen molar-refractivity contribution in [2.24, 2.45) is 5.92 Å². The van der Waals surface area contributed by atoms with Crippen molar-refractivity contribution in [2.45, 2.75) is 63.1 Å². The Labute approximate surface area is 133 Å². The minimum absolute atomic E-state index is 0.0546. The average Bonchev–Trinajstić information content (AvgIpc) is 2.91. The fraction of sp³-hybridized carbons (Fsp3) is 0.933. The second-order valence-corrected chi connectivity index (χ2v) is 9.03. The van der Waals surface area contributed by atoms with Gasteiger partial charge in [0.2, 0.25) is 15.9 Å². The summed E-state index contributed by atoms with van der Waals surface area (Å²) in [4.78, 5) is 12.4. The molecule has 3 rings (SSSR count). The third kappa shape index (κ3) is 3.63. The maximum absolute atomic E-state index is 12.4. The maximum Gasteiger partial charge on any atom is 0.237 e. The lowest BCUT2D eigenvalue weighted by Crippen LogP contribution is -2.50. The molecule has 3 aliphatic rings. The highest BCUT2D eigenvalue weighted by Gasteiger charge is 2.38. The van der Waals surface area contributed by atoms with Crippen molar-refractivity contribution in [2.75, 3.05) is 19.3 Å². The number of fused-ring (bicyclic) bond motifs is 1. The molecule has 1 saturated carbocycles. The topological polar surface area (TPSA) is 78.5 Å². The molecule has 126 valence electrons. The molecule has 0 aromatic rings. The maximum atomic E-state index is 12.4. The van der Waals surface area contributed by atoms with Gasteiger partial charge >= 0.3 is 0 Å². The van der Waals surface area contributed by atoms with Crippen molar-refractivity contribution in [3.05, 3.63) is 0 Å². The number of hydrogen-bond acceptors (Lipinski definition) is 4. The molecule has 2 saturated heterocycles. The second kappa shape index (κ2) is 6.45. The lowest BCUT2D eigenvalue weighted by molar-refractivity contribution is -0.123. The van der Waals surface area contributed by atoms with E-state index in [1.165, 1.54) is 36.2 Å². The van der Waals surface area contributed by atoms with Gasteiger partial charge in [0.15, 0.2) is 0 Å². The molecule has 1 amide bonds. The van der Waals surface area contributed by atoms with Crippen LogP contribution in [0.1, 0.15) is 44.9 Å². The zero-order chi connectivity index (χ0) is 15.7. The highest BCUT2D eigenvalue weighted by molar-refractivity contribution is 7.88. The van der Waals surface area contributed by atoms with Gasteiger partial charge in [-0.05, 0) is 38.0 Å². The molecule has 0 radical (unpaired) electrons. The molecule has 0 spiro atoms. The Morgan fingerprint density at radius 2 is 1.82 bits per heavy atom. The van der Waals surface area contributed by atoms with Crippen LogP contribution in [0.3, 0.4) is 0 Å². The first-order valence-electron chi connectivity index (χ1n) is 8.45. The largest absolute Gasteiger partial charge is 0.352 e. The summed E-state index contributed by atoms with van der Waals surface area (Å²) in [6, 6.07) is 0.576. The molecule has 2 aliphatic heterocycles. The van der Waals surface area contributed by atoms with E-state index in [0.29, 0.717) is 37.9 Å². The number of nitrogens with one attached hydrogen (secondary N) is 2. The zero-order valence-corrected chi connectivity index (χ0v) is 14.1. The van der Waals surface area contributed by atoms with Gasteiger partial charge in [0.25, 0.3) is 0 Å². The van der Waals surface area contributed by atoms with Crippen LogP contribution in [0.5, 0.6) is 0 Å². The summed E-state index contributed by atoms with van der Waals surface area (Å²) < 4.78 is 24.5. The Morgan fingerprint density at radius 1 is 1.14 bits per heavy atom. The number of amides is 1.